The smallest absolute Gasteiger partial charge is 0.0623 e. The minimum atomic E-state index is -0.437. The summed E-state index contributed by atoms with van der Waals surface area (Å²) in [5, 5.41) is 4.32. The van der Waals surface area contributed by atoms with E-state index < -0.39 is 7.53 Å². The molecule has 0 aliphatic rings. The number of hydrogen-bond donors (Lipinski definition) is 0. The maximum Gasteiger partial charge on any atom is 0.0623 e. The van der Waals surface area contributed by atoms with E-state index in [1.165, 1.54) is 21.2 Å². The van der Waals surface area contributed by atoms with Gasteiger partial charge >= 0.3 is 0 Å². The third-order valence-corrected chi connectivity index (χ3v) is 6.60. The Balaban J connectivity index is 2.30. The number of nitrogens with zero attached hydrogens (tertiary/aromatic N) is 1. The van der Waals surface area contributed by atoms with Crippen molar-refractivity contribution < 1.29 is 0 Å². The summed E-state index contributed by atoms with van der Waals surface area (Å²) < 4.78 is 0. The molecule has 0 aliphatic heterocycles. The lowest BCUT2D eigenvalue weighted by atomic mass is 10.2. The predicted molar refractivity (Wildman–Crippen MR) is 101 cm³/mol. The van der Waals surface area contributed by atoms with Crippen LogP contribution in [0.2, 0.25) is 0 Å². The highest BCUT2D eigenvalue weighted by Gasteiger charge is 2.21. The van der Waals surface area contributed by atoms with Crippen molar-refractivity contribution in [2.75, 3.05) is 4.90 Å². The van der Waals surface area contributed by atoms with Crippen molar-refractivity contribution in [2.45, 2.75) is 39.8 Å². The topological polar surface area (TPSA) is 3.24 Å². The number of hydrogen-bond acceptors (Lipinski definition) is 1. The average molecular weight is 309 g/mol. The molecule has 3 rings (SSSR count). The summed E-state index contributed by atoms with van der Waals surface area (Å²) in [4.78, 5) is 2.58. The molecule has 0 fully saturated rings. The Bertz CT molecular complexity index is 748. The number of benzene rings is 2. The van der Waals surface area contributed by atoms with Crippen molar-refractivity contribution in [3.63, 3.8) is 0 Å². The first-order valence-corrected chi connectivity index (χ1v) is 9.38. The van der Waals surface area contributed by atoms with Crippen molar-refractivity contribution in [3.05, 3.63) is 60.7 Å². The maximum atomic E-state index is 2.58. The molecule has 0 bridgehead atoms. The van der Waals surface area contributed by atoms with E-state index in [0.717, 1.165) is 0 Å². The largest absolute Gasteiger partial charge is 0.363 e. The highest BCUT2D eigenvalue weighted by atomic mass is 31.1. The summed E-state index contributed by atoms with van der Waals surface area (Å²) in [6.07, 6.45) is 0. The van der Waals surface area contributed by atoms with Gasteiger partial charge in [-0.2, -0.15) is 0 Å². The maximum absolute atomic E-state index is 2.58. The van der Waals surface area contributed by atoms with Crippen LogP contribution in [0.25, 0.3) is 15.8 Å². The first-order valence-electron chi connectivity index (χ1n) is 8.04. The monoisotopic (exact) mass is 309 g/mol. The highest BCUT2D eigenvalue weighted by molar-refractivity contribution is 7.66. The molecule has 1 atom stereocenters. The molecule has 2 heteroatoms. The summed E-state index contributed by atoms with van der Waals surface area (Å²) >= 11 is 0. The Hall–Kier alpha value is -1.72. The Morgan fingerprint density at radius 2 is 1.36 bits per heavy atom. The lowest BCUT2D eigenvalue weighted by Crippen LogP contribution is -2.36. The first-order chi connectivity index (χ1) is 10.6. The molecule has 2 aromatic carbocycles. The summed E-state index contributed by atoms with van der Waals surface area (Å²) in [6.45, 7) is 9.18. The predicted octanol–water partition coefficient (Wildman–Crippen LogP) is 6.44. The van der Waals surface area contributed by atoms with Gasteiger partial charge in [0.15, 0.2) is 0 Å². The zero-order valence-electron chi connectivity index (χ0n) is 13.8. The van der Waals surface area contributed by atoms with Crippen LogP contribution in [0.5, 0.6) is 0 Å². The van der Waals surface area contributed by atoms with E-state index in [0.29, 0.717) is 12.1 Å². The number of rotatable bonds is 4. The Kier molecular flexibility index (Phi) is 4.27. The van der Waals surface area contributed by atoms with Crippen molar-refractivity contribution in [1.29, 1.82) is 0 Å². The molecule has 22 heavy (non-hydrogen) atoms. The molecule has 0 radical (unpaired) electrons. The summed E-state index contributed by atoms with van der Waals surface area (Å²) in [6, 6.07) is 23.3. The second kappa shape index (κ2) is 6.18. The fourth-order valence-corrected chi connectivity index (χ4v) is 6.16. The quantitative estimate of drug-likeness (QED) is 0.536. The molecule has 114 valence electrons. The van der Waals surface area contributed by atoms with Gasteiger partial charge in [0, 0.05) is 22.5 Å². The average Bonchev–Trinajstić information content (AvgIpc) is 2.86. The van der Waals surface area contributed by atoms with Gasteiger partial charge in [-0.25, -0.2) is 0 Å². The molecule has 1 nitrogen and oxygen atoms in total. The van der Waals surface area contributed by atoms with Gasteiger partial charge in [0.05, 0.1) is 5.42 Å². The van der Waals surface area contributed by atoms with Gasteiger partial charge in [-0.15, -0.1) is 0 Å². The second-order valence-corrected chi connectivity index (χ2v) is 8.45. The Morgan fingerprint density at radius 3 is 2.00 bits per heavy atom. The van der Waals surface area contributed by atoms with Crippen LogP contribution in [0.3, 0.4) is 0 Å². The highest BCUT2D eigenvalue weighted by Crippen LogP contribution is 2.56. The number of anilines is 1. The van der Waals surface area contributed by atoms with Crippen LogP contribution in [0.4, 0.5) is 5.42 Å². The SMILES string of the molecule is CC(C)N(c1cc2ccccc2p1-c1ccccc1)C(C)C. The normalized spacial score (nSPS) is 12.4. The molecular formula is C20H24NP. The van der Waals surface area contributed by atoms with Crippen molar-refractivity contribution in [2.24, 2.45) is 0 Å². The number of fused-ring (bicyclic) bond motifs is 1. The molecular weight excluding hydrogens is 285 g/mol. The summed E-state index contributed by atoms with van der Waals surface area (Å²) in [5.41, 5.74) is 1.49. The molecule has 0 N–H and O–H groups in total. The zero-order chi connectivity index (χ0) is 15.7. The van der Waals surface area contributed by atoms with E-state index in [9.17, 15) is 0 Å². The molecule has 0 saturated carbocycles. The van der Waals surface area contributed by atoms with E-state index >= 15 is 0 Å². The molecule has 1 unspecified atom stereocenters. The molecule has 1 heterocycles. The fraction of sp³-hybridized carbons (Fsp3) is 0.300. The van der Waals surface area contributed by atoms with E-state index in [-0.39, 0.29) is 0 Å². The molecule has 0 amide bonds. The van der Waals surface area contributed by atoms with Gasteiger partial charge in [0.1, 0.15) is 0 Å². The van der Waals surface area contributed by atoms with Crippen molar-refractivity contribution >= 4 is 23.5 Å². The van der Waals surface area contributed by atoms with Gasteiger partial charge in [0.2, 0.25) is 0 Å². The van der Waals surface area contributed by atoms with Crippen LogP contribution in [-0.4, -0.2) is 12.1 Å². The van der Waals surface area contributed by atoms with E-state index in [1.807, 2.05) is 0 Å². The van der Waals surface area contributed by atoms with Crippen molar-refractivity contribution in [1.82, 2.24) is 0 Å². The third-order valence-electron chi connectivity index (χ3n) is 4.08. The van der Waals surface area contributed by atoms with Gasteiger partial charge in [0.25, 0.3) is 0 Å². The van der Waals surface area contributed by atoms with Gasteiger partial charge in [-0.3, -0.25) is 0 Å². The molecule has 1 aromatic heterocycles. The lowest BCUT2D eigenvalue weighted by Gasteiger charge is -2.33. The summed E-state index contributed by atoms with van der Waals surface area (Å²) in [5.74, 6) is 0. The van der Waals surface area contributed by atoms with Crippen LogP contribution in [0.1, 0.15) is 27.7 Å². The van der Waals surface area contributed by atoms with E-state index in [2.05, 4.69) is 93.3 Å². The van der Waals surface area contributed by atoms with Crippen LogP contribution >= 0.6 is 7.53 Å². The van der Waals surface area contributed by atoms with Gasteiger partial charge < -0.3 is 4.90 Å². The second-order valence-electron chi connectivity index (χ2n) is 6.33. The van der Waals surface area contributed by atoms with Gasteiger partial charge in [-0.1, -0.05) is 56.1 Å². The standard InChI is InChI=1S/C20H24NP/c1-15(2)21(16(3)4)20-14-17-10-8-9-13-19(17)22(20)18-11-6-5-7-12-18/h5-16H,1-4H3. The van der Waals surface area contributed by atoms with Crippen molar-refractivity contribution in [3.8, 4) is 5.30 Å². The molecule has 0 spiro atoms. The lowest BCUT2D eigenvalue weighted by molar-refractivity contribution is 0.613. The zero-order valence-corrected chi connectivity index (χ0v) is 14.7. The van der Waals surface area contributed by atoms with E-state index in [1.54, 1.807) is 0 Å². The van der Waals surface area contributed by atoms with Gasteiger partial charge in [-0.05, 0) is 45.2 Å². The van der Waals surface area contributed by atoms with Crippen LogP contribution in [-0.2, 0) is 0 Å². The minimum Gasteiger partial charge on any atom is -0.363 e. The Labute approximate surface area is 134 Å². The first kappa shape index (κ1) is 15.2. The molecule has 3 aromatic rings. The Morgan fingerprint density at radius 1 is 0.773 bits per heavy atom. The summed E-state index contributed by atoms with van der Waals surface area (Å²) in [7, 11) is -0.437. The van der Waals surface area contributed by atoms with Crippen LogP contribution < -0.4 is 4.90 Å². The van der Waals surface area contributed by atoms with Crippen LogP contribution in [0, 0.1) is 0 Å². The minimum absolute atomic E-state index is 0.437. The fourth-order valence-electron chi connectivity index (χ4n) is 3.30. The van der Waals surface area contributed by atoms with E-state index in [4.69, 9.17) is 0 Å². The molecule has 0 aliphatic carbocycles. The molecule has 0 saturated heterocycles. The third kappa shape index (κ3) is 2.66. The van der Waals surface area contributed by atoms with Crippen LogP contribution in [0.15, 0.2) is 60.7 Å².